The first-order chi connectivity index (χ1) is 12.8. The van der Waals surface area contributed by atoms with E-state index in [1.807, 2.05) is 12.1 Å². The van der Waals surface area contributed by atoms with Gasteiger partial charge in [0.05, 0.1) is 16.9 Å². The molecule has 0 saturated carbocycles. The Morgan fingerprint density at radius 1 is 0.692 bits per heavy atom. The van der Waals surface area contributed by atoms with Gasteiger partial charge in [-0.15, -0.1) is 0 Å². The van der Waals surface area contributed by atoms with E-state index in [9.17, 15) is 0 Å². The Morgan fingerprint density at radius 2 is 1.42 bits per heavy atom. The lowest BCUT2D eigenvalue weighted by Gasteiger charge is -2.08. The Balaban J connectivity index is 1.90. The van der Waals surface area contributed by atoms with Gasteiger partial charge in [0.1, 0.15) is 0 Å². The molecule has 2 aromatic heterocycles. The maximum absolute atomic E-state index is 4.97. The first-order valence-corrected chi connectivity index (χ1v) is 8.83. The Kier molecular flexibility index (Phi) is 3.36. The van der Waals surface area contributed by atoms with Crippen LogP contribution < -0.4 is 0 Å². The molecule has 0 aliphatic carbocycles. The molecule has 5 rings (SSSR count). The minimum Gasteiger partial charge on any atom is -0.360 e. The molecule has 5 aromatic rings. The van der Waals surface area contributed by atoms with E-state index in [1.54, 1.807) is 0 Å². The molecule has 124 valence electrons. The molecule has 1 N–H and O–H groups in total. The van der Waals surface area contributed by atoms with Crippen molar-refractivity contribution < 1.29 is 0 Å². The van der Waals surface area contributed by atoms with E-state index in [1.165, 1.54) is 21.9 Å². The number of fused-ring (bicyclic) bond motifs is 3. The average molecular weight is 334 g/mol. The van der Waals surface area contributed by atoms with Crippen LogP contribution >= 0.6 is 0 Å². The summed E-state index contributed by atoms with van der Waals surface area (Å²) in [5.74, 6) is 0. The Hall–Kier alpha value is -3.39. The number of para-hydroxylation sites is 1. The lowest BCUT2D eigenvalue weighted by atomic mass is 9.99. The number of H-pyrrole nitrogens is 1. The number of nitrogens with zero attached hydrogens (tertiary/aromatic N) is 1. The molecule has 0 saturated heterocycles. The number of rotatable bonds is 2. The minimum atomic E-state index is 1.02. The number of hydrogen-bond acceptors (Lipinski definition) is 1. The van der Waals surface area contributed by atoms with Crippen molar-refractivity contribution in [2.24, 2.45) is 0 Å². The number of aryl methyl sites for hydroxylation is 1. The summed E-state index contributed by atoms with van der Waals surface area (Å²) in [6.45, 7) is 2.11. The van der Waals surface area contributed by atoms with Crippen LogP contribution in [-0.4, -0.2) is 9.97 Å². The van der Waals surface area contributed by atoms with E-state index < -0.39 is 0 Å². The number of benzene rings is 3. The van der Waals surface area contributed by atoms with Gasteiger partial charge in [0.15, 0.2) is 0 Å². The van der Waals surface area contributed by atoms with Crippen molar-refractivity contribution in [2.45, 2.75) is 6.92 Å². The molecule has 0 radical (unpaired) electrons. The van der Waals surface area contributed by atoms with E-state index in [4.69, 9.17) is 4.98 Å². The third-order valence-corrected chi connectivity index (χ3v) is 4.93. The molecule has 0 spiro atoms. The molecule has 0 fully saturated rings. The standard InChI is InChI=1S/C24H18N2/c1-16-11-13-18(14-12-16)24-22-19-9-5-6-10-21(19)26-23(20(22)15-25-24)17-7-3-2-4-8-17/h2-15,25H,1H3. The second kappa shape index (κ2) is 5.85. The van der Waals surface area contributed by atoms with Crippen LogP contribution in [0.2, 0.25) is 0 Å². The van der Waals surface area contributed by atoms with Crippen LogP contribution in [0.4, 0.5) is 0 Å². The van der Waals surface area contributed by atoms with Crippen molar-refractivity contribution in [2.75, 3.05) is 0 Å². The summed E-state index contributed by atoms with van der Waals surface area (Å²) in [6, 6.07) is 27.4. The van der Waals surface area contributed by atoms with Gasteiger partial charge < -0.3 is 4.98 Å². The average Bonchev–Trinajstić information content (AvgIpc) is 3.14. The highest BCUT2D eigenvalue weighted by atomic mass is 14.7. The van der Waals surface area contributed by atoms with Crippen molar-refractivity contribution in [3.8, 4) is 22.5 Å². The molecule has 0 amide bonds. The highest BCUT2D eigenvalue weighted by Gasteiger charge is 2.15. The molecular weight excluding hydrogens is 316 g/mol. The zero-order chi connectivity index (χ0) is 17.5. The van der Waals surface area contributed by atoms with Crippen LogP contribution in [0.3, 0.4) is 0 Å². The summed E-state index contributed by atoms with van der Waals surface area (Å²) in [5, 5.41) is 3.57. The zero-order valence-electron chi connectivity index (χ0n) is 14.5. The predicted octanol–water partition coefficient (Wildman–Crippen LogP) is 6.36. The largest absolute Gasteiger partial charge is 0.360 e. The maximum atomic E-state index is 4.97. The number of aromatic amines is 1. The zero-order valence-corrected chi connectivity index (χ0v) is 14.5. The summed E-state index contributed by atoms with van der Waals surface area (Å²) in [4.78, 5) is 8.49. The Labute approximate surface area is 152 Å². The first kappa shape index (κ1) is 14.9. The summed E-state index contributed by atoms with van der Waals surface area (Å²) >= 11 is 0. The third kappa shape index (κ3) is 2.31. The summed E-state index contributed by atoms with van der Waals surface area (Å²) in [6.07, 6.45) is 2.09. The van der Waals surface area contributed by atoms with Gasteiger partial charge in [0.25, 0.3) is 0 Å². The lowest BCUT2D eigenvalue weighted by molar-refractivity contribution is 1.39. The summed E-state index contributed by atoms with van der Waals surface area (Å²) in [5.41, 5.74) is 6.79. The van der Waals surface area contributed by atoms with E-state index in [2.05, 4.69) is 84.8 Å². The van der Waals surface area contributed by atoms with Gasteiger partial charge in [-0.1, -0.05) is 78.4 Å². The molecule has 0 bridgehead atoms. The predicted molar refractivity (Wildman–Crippen MR) is 109 cm³/mol. The lowest BCUT2D eigenvalue weighted by Crippen LogP contribution is -1.88. The van der Waals surface area contributed by atoms with Crippen LogP contribution in [0.15, 0.2) is 85.1 Å². The van der Waals surface area contributed by atoms with E-state index in [0.29, 0.717) is 0 Å². The van der Waals surface area contributed by atoms with Crippen molar-refractivity contribution in [1.82, 2.24) is 9.97 Å². The number of hydrogen-bond donors (Lipinski definition) is 1. The molecular formula is C24H18N2. The molecule has 26 heavy (non-hydrogen) atoms. The molecule has 0 aliphatic rings. The fraction of sp³-hybridized carbons (Fsp3) is 0.0417. The van der Waals surface area contributed by atoms with Gasteiger partial charge in [-0.25, -0.2) is 4.98 Å². The number of pyridine rings is 1. The smallest absolute Gasteiger partial charge is 0.0803 e. The second-order valence-corrected chi connectivity index (χ2v) is 6.66. The van der Waals surface area contributed by atoms with E-state index in [-0.39, 0.29) is 0 Å². The molecule has 2 heterocycles. The number of aromatic nitrogens is 2. The van der Waals surface area contributed by atoms with E-state index >= 15 is 0 Å². The van der Waals surface area contributed by atoms with Crippen molar-refractivity contribution >= 4 is 21.7 Å². The second-order valence-electron chi connectivity index (χ2n) is 6.66. The van der Waals surface area contributed by atoms with Gasteiger partial charge in [0.2, 0.25) is 0 Å². The first-order valence-electron chi connectivity index (χ1n) is 8.83. The Morgan fingerprint density at radius 3 is 2.23 bits per heavy atom. The monoisotopic (exact) mass is 334 g/mol. The molecule has 0 atom stereocenters. The van der Waals surface area contributed by atoms with Crippen LogP contribution in [0.5, 0.6) is 0 Å². The quantitative estimate of drug-likeness (QED) is 0.400. The fourth-order valence-corrected chi connectivity index (χ4v) is 3.62. The van der Waals surface area contributed by atoms with Crippen molar-refractivity contribution in [3.63, 3.8) is 0 Å². The minimum absolute atomic E-state index is 1.02. The maximum Gasteiger partial charge on any atom is 0.0803 e. The normalized spacial score (nSPS) is 11.3. The van der Waals surface area contributed by atoms with Crippen LogP contribution in [0.25, 0.3) is 44.2 Å². The van der Waals surface area contributed by atoms with Gasteiger partial charge >= 0.3 is 0 Å². The van der Waals surface area contributed by atoms with Crippen molar-refractivity contribution in [3.05, 3.63) is 90.6 Å². The van der Waals surface area contributed by atoms with Gasteiger partial charge in [-0.3, -0.25) is 0 Å². The summed E-state index contributed by atoms with van der Waals surface area (Å²) < 4.78 is 0. The highest BCUT2D eigenvalue weighted by Crippen LogP contribution is 2.38. The van der Waals surface area contributed by atoms with Crippen LogP contribution in [-0.2, 0) is 0 Å². The van der Waals surface area contributed by atoms with Gasteiger partial charge in [0, 0.05) is 27.9 Å². The SMILES string of the molecule is Cc1ccc(-c2[nH]cc3c(-c4ccccc4)nc4ccccc4c23)cc1. The van der Waals surface area contributed by atoms with Crippen LogP contribution in [0.1, 0.15) is 5.56 Å². The molecule has 0 aliphatic heterocycles. The molecule has 0 unspecified atom stereocenters. The van der Waals surface area contributed by atoms with Gasteiger partial charge in [-0.05, 0) is 18.6 Å². The molecule has 3 aromatic carbocycles. The van der Waals surface area contributed by atoms with Gasteiger partial charge in [-0.2, -0.15) is 0 Å². The fourth-order valence-electron chi connectivity index (χ4n) is 3.62. The summed E-state index contributed by atoms with van der Waals surface area (Å²) in [7, 11) is 0. The van der Waals surface area contributed by atoms with Crippen molar-refractivity contribution in [1.29, 1.82) is 0 Å². The third-order valence-electron chi connectivity index (χ3n) is 4.93. The molecule has 2 heteroatoms. The number of nitrogens with one attached hydrogen (secondary N) is 1. The molecule has 2 nitrogen and oxygen atoms in total. The van der Waals surface area contributed by atoms with Crippen LogP contribution in [0, 0.1) is 6.92 Å². The van der Waals surface area contributed by atoms with E-state index in [0.717, 1.165) is 27.9 Å². The Bertz CT molecular complexity index is 1220. The topological polar surface area (TPSA) is 28.7 Å². The highest BCUT2D eigenvalue weighted by molar-refractivity contribution is 6.16.